The second kappa shape index (κ2) is 23.5. The molecule has 0 unspecified atom stereocenters. The predicted molar refractivity (Wildman–Crippen MR) is 390 cm³/mol. The van der Waals surface area contributed by atoms with Crippen molar-refractivity contribution in [3.8, 4) is 95.5 Å². The Morgan fingerprint density at radius 2 is 0.409 bits per heavy atom. The van der Waals surface area contributed by atoms with Crippen LogP contribution in [0, 0.1) is 0 Å². The molecule has 18 aromatic rings. The van der Waals surface area contributed by atoms with Crippen LogP contribution in [0.2, 0.25) is 0 Å². The molecule has 0 atom stereocenters. The average molecular weight is 1190 g/mol. The Morgan fingerprint density at radius 1 is 0.161 bits per heavy atom. The van der Waals surface area contributed by atoms with Gasteiger partial charge in [-0.3, -0.25) is 0 Å². The van der Waals surface area contributed by atoms with E-state index in [1.54, 1.807) is 0 Å². The summed E-state index contributed by atoms with van der Waals surface area (Å²) in [5.74, 6) is 0.720. The molecule has 0 spiro atoms. The topological polar surface area (TPSA) is 40.6 Å². The zero-order chi connectivity index (χ0) is 61.6. The highest BCUT2D eigenvalue weighted by Gasteiger charge is 2.18. The number of rotatable bonds is 10. The fraction of sp³-hybridized carbons (Fsp3) is 0. The number of hydrogen-bond donors (Lipinski definition) is 0. The van der Waals surface area contributed by atoms with E-state index in [1.807, 2.05) is 36.4 Å². The van der Waals surface area contributed by atoms with E-state index in [0.717, 1.165) is 62.1 Å². The molecule has 4 heterocycles. The molecule has 0 fully saturated rings. The van der Waals surface area contributed by atoms with E-state index in [1.165, 1.54) is 98.8 Å². The van der Waals surface area contributed by atoms with E-state index >= 15 is 0 Å². The summed E-state index contributed by atoms with van der Waals surface area (Å²) in [6.45, 7) is 0. The third-order valence-electron chi connectivity index (χ3n) is 18.1. The van der Waals surface area contributed by atoms with E-state index in [2.05, 4.69) is 335 Å². The Morgan fingerprint density at radius 3 is 0.763 bits per heavy atom. The highest BCUT2D eigenvalue weighted by atomic mass is 15.0. The van der Waals surface area contributed by atoms with Gasteiger partial charge in [-0.1, -0.05) is 255 Å². The third kappa shape index (κ3) is 10.1. The smallest absolute Gasteiger partial charge is 0.160 e. The van der Waals surface area contributed by atoms with Crippen LogP contribution in [0.25, 0.3) is 161 Å². The number of aromatic nitrogens is 5. The molecule has 0 bridgehead atoms. The first-order valence-electron chi connectivity index (χ1n) is 31.7. The molecule has 93 heavy (non-hydrogen) atoms. The van der Waals surface area contributed by atoms with E-state index in [0.29, 0.717) is 0 Å². The highest BCUT2D eigenvalue weighted by molar-refractivity contribution is 6.11. The van der Waals surface area contributed by atoms with Crippen LogP contribution in [-0.4, -0.2) is 23.7 Å². The van der Waals surface area contributed by atoms with E-state index in [4.69, 9.17) is 9.97 Å². The molecule has 4 aromatic heterocycles. The zero-order valence-electron chi connectivity index (χ0n) is 50.8. The molecular weight excluding hydrogens is 1130 g/mol. The SMILES string of the molecule is c1ccc(-c2cc(-c3ccc(-n4c5ccccc5c5ccccc54)cc3)cc(-c3ccc(-n4c5ccccc5c5ccccc54)cc3)c2)cc1.c1ccc(-c2cc(-c3cccc(-c4ccc(-n5c6ccccc6c6ccccc65)cc4)c3)nc(-c3ccccc3)n2)cc1. The van der Waals surface area contributed by atoms with Crippen LogP contribution in [0.1, 0.15) is 0 Å². The van der Waals surface area contributed by atoms with Crippen LogP contribution in [0.4, 0.5) is 0 Å². The summed E-state index contributed by atoms with van der Waals surface area (Å²) in [7, 11) is 0. The lowest BCUT2D eigenvalue weighted by Gasteiger charge is -2.14. The van der Waals surface area contributed by atoms with Gasteiger partial charge >= 0.3 is 0 Å². The van der Waals surface area contributed by atoms with Gasteiger partial charge in [0.05, 0.1) is 44.5 Å². The van der Waals surface area contributed by atoms with E-state index < -0.39 is 0 Å². The normalized spacial score (nSPS) is 11.4. The van der Waals surface area contributed by atoms with Gasteiger partial charge in [0.15, 0.2) is 5.82 Å². The molecule has 5 nitrogen and oxygen atoms in total. The Hall–Kier alpha value is -12.4. The quantitative estimate of drug-likeness (QED) is 0.137. The summed E-state index contributed by atoms with van der Waals surface area (Å²) in [5.41, 5.74) is 25.2. The highest BCUT2D eigenvalue weighted by Crippen LogP contribution is 2.39. The van der Waals surface area contributed by atoms with Gasteiger partial charge < -0.3 is 13.7 Å². The summed E-state index contributed by atoms with van der Waals surface area (Å²) in [6.07, 6.45) is 0. The summed E-state index contributed by atoms with van der Waals surface area (Å²) in [5, 5.41) is 7.63. The number of benzene rings is 14. The van der Waals surface area contributed by atoms with Crippen molar-refractivity contribution in [1.29, 1.82) is 0 Å². The molecule has 18 rings (SSSR count). The Labute approximate surface area is 539 Å². The lowest BCUT2D eigenvalue weighted by molar-refractivity contribution is 1.18. The molecule has 436 valence electrons. The zero-order valence-corrected chi connectivity index (χ0v) is 50.8. The van der Waals surface area contributed by atoms with Gasteiger partial charge in [-0.25, -0.2) is 9.97 Å². The second-order valence-corrected chi connectivity index (χ2v) is 23.7. The number of fused-ring (bicyclic) bond motifs is 9. The summed E-state index contributed by atoms with van der Waals surface area (Å²) >= 11 is 0. The minimum Gasteiger partial charge on any atom is -0.309 e. The van der Waals surface area contributed by atoms with Crippen LogP contribution in [-0.2, 0) is 0 Å². The molecule has 0 amide bonds. The molecule has 0 aliphatic heterocycles. The van der Waals surface area contributed by atoms with E-state index in [-0.39, 0.29) is 0 Å². The van der Waals surface area contributed by atoms with Crippen LogP contribution in [0.15, 0.2) is 358 Å². The number of hydrogen-bond acceptors (Lipinski definition) is 2. The summed E-state index contributed by atoms with van der Waals surface area (Å²) in [6, 6.07) is 128. The lowest BCUT2D eigenvalue weighted by atomic mass is 9.93. The first-order valence-corrected chi connectivity index (χ1v) is 31.7. The molecule has 0 N–H and O–H groups in total. The standard InChI is InChI=1S/C48H32N2.C40H27N3/c1-2-12-33(13-3-1)36-30-37(34-22-26-39(27-23-34)49-45-18-8-4-14-41(45)42-15-5-9-19-46(42)49)32-38(31-36)35-24-28-40(29-25-35)50-47-20-10-6-16-43(47)44-17-7-11-21-48(44)50;1-3-12-29(13-4-1)36-27-37(42-40(41-36)30-14-5-2-6-15-30)32-17-11-16-31(26-32)28-22-24-33(25-23-28)43-38-20-9-7-18-34(38)35-19-8-10-21-39(35)43/h1-32H;1-27H. The van der Waals surface area contributed by atoms with Crippen molar-refractivity contribution in [3.63, 3.8) is 0 Å². The molecule has 0 saturated heterocycles. The largest absolute Gasteiger partial charge is 0.309 e. The maximum absolute atomic E-state index is 5.03. The monoisotopic (exact) mass is 1190 g/mol. The number of para-hydroxylation sites is 6. The van der Waals surface area contributed by atoms with Crippen molar-refractivity contribution in [2.75, 3.05) is 0 Å². The van der Waals surface area contributed by atoms with Crippen molar-refractivity contribution < 1.29 is 0 Å². The van der Waals surface area contributed by atoms with Crippen molar-refractivity contribution >= 4 is 65.4 Å². The maximum Gasteiger partial charge on any atom is 0.160 e. The first-order chi connectivity index (χ1) is 46.1. The Balaban J connectivity index is 0.000000144. The van der Waals surface area contributed by atoms with Gasteiger partial charge in [-0.05, 0) is 148 Å². The van der Waals surface area contributed by atoms with Crippen molar-refractivity contribution in [1.82, 2.24) is 23.7 Å². The predicted octanol–water partition coefficient (Wildman–Crippen LogP) is 23.1. The minimum absolute atomic E-state index is 0.720. The van der Waals surface area contributed by atoms with Gasteiger partial charge in [-0.15, -0.1) is 0 Å². The molecule has 14 aromatic carbocycles. The molecule has 0 aliphatic rings. The fourth-order valence-electron chi connectivity index (χ4n) is 13.7. The maximum atomic E-state index is 5.03. The molecular formula is C88H59N5. The van der Waals surface area contributed by atoms with Gasteiger partial charge in [0.25, 0.3) is 0 Å². The lowest BCUT2D eigenvalue weighted by Crippen LogP contribution is -1.96. The van der Waals surface area contributed by atoms with Crippen LogP contribution < -0.4 is 0 Å². The average Bonchev–Trinajstić information content (AvgIpc) is 1.69. The minimum atomic E-state index is 0.720. The van der Waals surface area contributed by atoms with Gasteiger partial charge in [0.1, 0.15) is 0 Å². The Bertz CT molecular complexity index is 5370. The summed E-state index contributed by atoms with van der Waals surface area (Å²) in [4.78, 5) is 9.97. The van der Waals surface area contributed by atoms with Crippen molar-refractivity contribution in [2.24, 2.45) is 0 Å². The fourth-order valence-corrected chi connectivity index (χ4v) is 13.7. The molecule has 0 aliphatic carbocycles. The van der Waals surface area contributed by atoms with Crippen molar-refractivity contribution in [3.05, 3.63) is 358 Å². The van der Waals surface area contributed by atoms with Gasteiger partial charge in [0.2, 0.25) is 0 Å². The van der Waals surface area contributed by atoms with Crippen molar-refractivity contribution in [2.45, 2.75) is 0 Å². The van der Waals surface area contributed by atoms with Crippen LogP contribution >= 0.6 is 0 Å². The summed E-state index contributed by atoms with van der Waals surface area (Å²) < 4.78 is 7.10. The van der Waals surface area contributed by atoms with Gasteiger partial charge in [-0.2, -0.15) is 0 Å². The van der Waals surface area contributed by atoms with Crippen LogP contribution in [0.5, 0.6) is 0 Å². The molecule has 5 heteroatoms. The van der Waals surface area contributed by atoms with Crippen LogP contribution in [0.3, 0.4) is 0 Å². The third-order valence-corrected chi connectivity index (χ3v) is 18.1. The Kier molecular flexibility index (Phi) is 13.8. The molecule has 0 radical (unpaired) electrons. The van der Waals surface area contributed by atoms with E-state index in [9.17, 15) is 0 Å². The second-order valence-electron chi connectivity index (χ2n) is 23.7. The van der Waals surface area contributed by atoms with Gasteiger partial charge in [0, 0.05) is 66.1 Å². The first kappa shape index (κ1) is 54.7. The molecule has 0 saturated carbocycles. The number of nitrogens with zero attached hydrogens (tertiary/aromatic N) is 5.